The average Bonchev–Trinajstić information content (AvgIpc) is 2.64. The molecule has 0 saturated heterocycles. The number of aromatic nitrogens is 1. The van der Waals surface area contributed by atoms with Gasteiger partial charge in [0.25, 0.3) is 5.91 Å². The lowest BCUT2D eigenvalue weighted by molar-refractivity contribution is 0.102. The molecule has 0 bridgehead atoms. The summed E-state index contributed by atoms with van der Waals surface area (Å²) in [5.74, 6) is -0.216. The topological polar surface area (TPSA) is 42.0 Å². The molecule has 3 nitrogen and oxygen atoms in total. The minimum absolute atomic E-state index is 0.216. The Bertz CT molecular complexity index is 930. The van der Waals surface area contributed by atoms with Crippen molar-refractivity contribution in [2.45, 2.75) is 13.8 Å². The quantitative estimate of drug-likeness (QED) is 0.709. The second-order valence-electron chi connectivity index (χ2n) is 5.93. The predicted octanol–water partition coefficient (Wildman–Crippen LogP) is 5.26. The number of hydrogen-bond acceptors (Lipinski definition) is 2. The molecule has 1 aromatic heterocycles. The normalized spacial score (nSPS) is 10.3. The molecular weight excluding hydrogens is 308 g/mol. The van der Waals surface area contributed by atoms with Crippen molar-refractivity contribution in [3.05, 3.63) is 89.8 Å². The number of carbonyl (C=O) groups is 1. The molecule has 0 spiro atoms. The van der Waals surface area contributed by atoms with Gasteiger partial charge in [0, 0.05) is 11.9 Å². The first-order valence-electron chi connectivity index (χ1n) is 8.15. The summed E-state index contributed by atoms with van der Waals surface area (Å²) < 4.78 is 0. The van der Waals surface area contributed by atoms with Crippen molar-refractivity contribution in [3.8, 4) is 11.1 Å². The van der Waals surface area contributed by atoms with Gasteiger partial charge in [-0.05, 0) is 53.8 Å². The van der Waals surface area contributed by atoms with E-state index in [1.807, 2.05) is 44.2 Å². The summed E-state index contributed by atoms with van der Waals surface area (Å²) in [5.41, 5.74) is 6.35. The highest BCUT2D eigenvalue weighted by atomic mass is 16.1. The molecule has 3 rings (SSSR count). The van der Waals surface area contributed by atoms with Gasteiger partial charge in [-0.1, -0.05) is 55.1 Å². The first kappa shape index (κ1) is 16.7. The zero-order valence-corrected chi connectivity index (χ0v) is 14.4. The Kier molecular flexibility index (Phi) is 4.75. The number of nitrogens with one attached hydrogen (secondary N) is 1. The van der Waals surface area contributed by atoms with Crippen LogP contribution in [0.5, 0.6) is 0 Å². The Labute approximate surface area is 148 Å². The van der Waals surface area contributed by atoms with Gasteiger partial charge >= 0.3 is 0 Å². The van der Waals surface area contributed by atoms with E-state index in [0.717, 1.165) is 33.5 Å². The number of nitrogens with zero attached hydrogens (tertiary/aromatic N) is 1. The molecule has 3 aromatic rings. The van der Waals surface area contributed by atoms with E-state index in [2.05, 4.69) is 35.1 Å². The maximum Gasteiger partial charge on any atom is 0.274 e. The summed E-state index contributed by atoms with van der Waals surface area (Å²) in [7, 11) is 0. The monoisotopic (exact) mass is 328 g/mol. The Morgan fingerprint density at radius 3 is 2.52 bits per heavy atom. The van der Waals surface area contributed by atoms with E-state index >= 15 is 0 Å². The van der Waals surface area contributed by atoms with Crippen LogP contribution >= 0.6 is 0 Å². The molecule has 1 amide bonds. The summed E-state index contributed by atoms with van der Waals surface area (Å²) in [6, 6.07) is 17.8. The Hall–Kier alpha value is -3.20. The van der Waals surface area contributed by atoms with Crippen molar-refractivity contribution in [2.24, 2.45) is 0 Å². The maximum absolute atomic E-state index is 12.6. The van der Waals surface area contributed by atoms with Gasteiger partial charge in [-0.3, -0.25) is 9.78 Å². The molecule has 0 aliphatic carbocycles. The fraction of sp³-hybridized carbons (Fsp3) is 0.0909. The van der Waals surface area contributed by atoms with Crippen LogP contribution in [0.15, 0.2) is 67.4 Å². The summed E-state index contributed by atoms with van der Waals surface area (Å²) in [6.07, 6.45) is 3.40. The minimum atomic E-state index is -0.216. The molecule has 0 aliphatic rings. The Balaban J connectivity index is 1.89. The van der Waals surface area contributed by atoms with Crippen molar-refractivity contribution in [2.75, 3.05) is 5.32 Å². The molecule has 0 saturated carbocycles. The van der Waals surface area contributed by atoms with Crippen molar-refractivity contribution >= 4 is 17.7 Å². The third kappa shape index (κ3) is 3.50. The maximum atomic E-state index is 12.6. The van der Waals surface area contributed by atoms with E-state index in [1.165, 1.54) is 0 Å². The number of benzene rings is 2. The highest BCUT2D eigenvalue weighted by Crippen LogP contribution is 2.28. The highest BCUT2D eigenvalue weighted by molar-refractivity contribution is 6.04. The molecule has 2 aromatic carbocycles. The van der Waals surface area contributed by atoms with Crippen LogP contribution < -0.4 is 5.32 Å². The van der Waals surface area contributed by atoms with E-state index in [1.54, 1.807) is 18.3 Å². The SMILES string of the molecule is C=Cc1cnc(C(=O)Nc2cccc(-c3ccccc3)c2C)cc1C. The fourth-order valence-corrected chi connectivity index (χ4v) is 2.79. The third-order valence-electron chi connectivity index (χ3n) is 4.27. The lowest BCUT2D eigenvalue weighted by Gasteiger charge is -2.13. The summed E-state index contributed by atoms with van der Waals surface area (Å²) in [5, 5.41) is 2.97. The molecule has 0 atom stereocenters. The minimum Gasteiger partial charge on any atom is -0.320 e. The standard InChI is InChI=1S/C22H20N2O/c1-4-17-14-23-21(13-15(17)2)22(25)24-20-12-8-11-19(16(20)3)18-9-6-5-7-10-18/h4-14H,1H2,2-3H3,(H,24,25). The lowest BCUT2D eigenvalue weighted by atomic mass is 9.99. The first-order valence-corrected chi connectivity index (χ1v) is 8.15. The van der Waals surface area contributed by atoms with Gasteiger partial charge in [-0.2, -0.15) is 0 Å². The number of anilines is 1. The molecule has 0 aliphatic heterocycles. The molecule has 0 radical (unpaired) electrons. The molecule has 3 heteroatoms. The van der Waals surface area contributed by atoms with Gasteiger partial charge in [-0.15, -0.1) is 0 Å². The van der Waals surface area contributed by atoms with E-state index in [9.17, 15) is 4.79 Å². The first-order chi connectivity index (χ1) is 12.1. The third-order valence-corrected chi connectivity index (χ3v) is 4.27. The van der Waals surface area contributed by atoms with Gasteiger partial charge in [0.15, 0.2) is 0 Å². The van der Waals surface area contributed by atoms with Crippen LogP contribution in [0.3, 0.4) is 0 Å². The van der Waals surface area contributed by atoms with Gasteiger partial charge < -0.3 is 5.32 Å². The molecule has 25 heavy (non-hydrogen) atoms. The molecule has 0 unspecified atom stereocenters. The summed E-state index contributed by atoms with van der Waals surface area (Å²) in [4.78, 5) is 16.8. The number of rotatable bonds is 4. The summed E-state index contributed by atoms with van der Waals surface area (Å²) >= 11 is 0. The van der Waals surface area contributed by atoms with E-state index in [4.69, 9.17) is 0 Å². The average molecular weight is 328 g/mol. The van der Waals surface area contributed by atoms with Crippen molar-refractivity contribution in [1.29, 1.82) is 0 Å². The second kappa shape index (κ2) is 7.14. The lowest BCUT2D eigenvalue weighted by Crippen LogP contribution is -2.15. The highest BCUT2D eigenvalue weighted by Gasteiger charge is 2.12. The largest absolute Gasteiger partial charge is 0.320 e. The van der Waals surface area contributed by atoms with Crippen molar-refractivity contribution < 1.29 is 4.79 Å². The van der Waals surface area contributed by atoms with Gasteiger partial charge in [0.2, 0.25) is 0 Å². The number of pyridine rings is 1. The zero-order valence-electron chi connectivity index (χ0n) is 14.4. The molecule has 1 heterocycles. The van der Waals surface area contributed by atoms with Gasteiger partial charge in [0.1, 0.15) is 5.69 Å². The van der Waals surface area contributed by atoms with Crippen LogP contribution in [-0.4, -0.2) is 10.9 Å². The van der Waals surface area contributed by atoms with Crippen molar-refractivity contribution in [3.63, 3.8) is 0 Å². The number of carbonyl (C=O) groups excluding carboxylic acids is 1. The number of amides is 1. The Morgan fingerprint density at radius 2 is 1.84 bits per heavy atom. The number of hydrogen-bond donors (Lipinski definition) is 1. The van der Waals surface area contributed by atoms with E-state index in [-0.39, 0.29) is 5.91 Å². The van der Waals surface area contributed by atoms with Crippen LogP contribution in [0.25, 0.3) is 17.2 Å². The van der Waals surface area contributed by atoms with Crippen LogP contribution in [0.2, 0.25) is 0 Å². The van der Waals surface area contributed by atoms with E-state index < -0.39 is 0 Å². The van der Waals surface area contributed by atoms with Crippen LogP contribution in [0, 0.1) is 13.8 Å². The van der Waals surface area contributed by atoms with Gasteiger partial charge in [0.05, 0.1) is 0 Å². The predicted molar refractivity (Wildman–Crippen MR) is 104 cm³/mol. The van der Waals surface area contributed by atoms with Crippen molar-refractivity contribution in [1.82, 2.24) is 4.98 Å². The molecule has 1 N–H and O–H groups in total. The smallest absolute Gasteiger partial charge is 0.274 e. The van der Waals surface area contributed by atoms with Crippen LogP contribution in [0.4, 0.5) is 5.69 Å². The molecule has 0 fully saturated rings. The fourth-order valence-electron chi connectivity index (χ4n) is 2.79. The summed E-state index contributed by atoms with van der Waals surface area (Å²) in [6.45, 7) is 7.70. The van der Waals surface area contributed by atoms with Gasteiger partial charge in [-0.25, -0.2) is 0 Å². The molecule has 124 valence electrons. The second-order valence-corrected chi connectivity index (χ2v) is 5.93. The van der Waals surface area contributed by atoms with Crippen LogP contribution in [-0.2, 0) is 0 Å². The number of aryl methyl sites for hydroxylation is 1. The van der Waals surface area contributed by atoms with Crippen LogP contribution in [0.1, 0.15) is 27.2 Å². The Morgan fingerprint density at radius 1 is 1.08 bits per heavy atom. The van der Waals surface area contributed by atoms with E-state index in [0.29, 0.717) is 5.69 Å². The zero-order chi connectivity index (χ0) is 17.8. The molecular formula is C22H20N2O.